The van der Waals surface area contributed by atoms with Crippen LogP contribution in [0.3, 0.4) is 0 Å². The van der Waals surface area contributed by atoms with Crippen molar-refractivity contribution in [3.63, 3.8) is 0 Å². The first-order valence-corrected chi connectivity index (χ1v) is 18.2. The molecule has 2 aromatic rings. The highest BCUT2D eigenvalue weighted by Gasteiger charge is 2.53. The highest BCUT2D eigenvalue weighted by molar-refractivity contribution is 5.82. The van der Waals surface area contributed by atoms with E-state index in [4.69, 9.17) is 9.47 Å². The Kier molecular flexibility index (Phi) is 7.83. The van der Waals surface area contributed by atoms with Crippen molar-refractivity contribution in [1.82, 2.24) is 0 Å². The van der Waals surface area contributed by atoms with Gasteiger partial charge in [0.2, 0.25) is 0 Å². The number of benzene rings is 2. The lowest BCUT2D eigenvalue weighted by Crippen LogP contribution is -2.48. The van der Waals surface area contributed by atoms with Crippen molar-refractivity contribution >= 4 is 5.57 Å². The van der Waals surface area contributed by atoms with Gasteiger partial charge in [0, 0.05) is 30.1 Å². The van der Waals surface area contributed by atoms with E-state index in [1.807, 2.05) is 0 Å². The summed E-state index contributed by atoms with van der Waals surface area (Å²) in [7, 11) is 1.76. The van der Waals surface area contributed by atoms with Gasteiger partial charge in [0.15, 0.2) is 6.79 Å². The van der Waals surface area contributed by atoms with Gasteiger partial charge < -0.3 is 9.47 Å². The van der Waals surface area contributed by atoms with Crippen LogP contribution in [0.4, 0.5) is 0 Å². The molecule has 0 N–H and O–H groups in total. The van der Waals surface area contributed by atoms with Crippen molar-refractivity contribution in [2.45, 2.75) is 124 Å². The van der Waals surface area contributed by atoms with Gasteiger partial charge in [0.1, 0.15) is 5.75 Å². The molecule has 4 fully saturated rings. The molecule has 2 aromatic carbocycles. The summed E-state index contributed by atoms with van der Waals surface area (Å²) in [6, 6.07) is 12.4. The number of hydrogen-bond acceptors (Lipinski definition) is 2. The summed E-state index contributed by atoms with van der Waals surface area (Å²) in [6.07, 6.45) is 15.9. The average Bonchev–Trinajstić information content (AvgIpc) is 3.27. The Bertz CT molecular complexity index is 1580. The molecule has 0 spiro atoms. The van der Waals surface area contributed by atoms with Crippen LogP contribution in [-0.2, 0) is 15.6 Å². The van der Waals surface area contributed by atoms with Crippen molar-refractivity contribution in [1.29, 1.82) is 0 Å². The van der Waals surface area contributed by atoms with Gasteiger partial charge in [-0.2, -0.15) is 0 Å². The minimum Gasteiger partial charge on any atom is -0.467 e. The fourth-order valence-electron chi connectivity index (χ4n) is 10.8. The largest absolute Gasteiger partial charge is 0.467 e. The molecule has 2 nitrogen and oxygen atoms in total. The van der Waals surface area contributed by atoms with Crippen LogP contribution in [0.25, 0.3) is 5.57 Å². The van der Waals surface area contributed by atoms with E-state index in [0.717, 1.165) is 23.5 Å². The second-order valence-corrected chi connectivity index (χ2v) is 18.3. The Morgan fingerprint density at radius 2 is 1.50 bits per heavy atom. The molecule has 8 rings (SSSR count). The molecule has 0 aromatic heterocycles. The van der Waals surface area contributed by atoms with Crippen LogP contribution in [0.2, 0.25) is 0 Å². The molecule has 6 aliphatic rings. The predicted octanol–water partition coefficient (Wildman–Crippen LogP) is 11.6. The van der Waals surface area contributed by atoms with Crippen molar-refractivity contribution in [3.05, 3.63) is 93.1 Å². The Morgan fingerprint density at radius 3 is 2.07 bits per heavy atom. The molecular formula is C44H58O2. The quantitative estimate of drug-likeness (QED) is 0.300. The second kappa shape index (κ2) is 11.3. The molecule has 0 amide bonds. The first-order valence-electron chi connectivity index (χ1n) is 18.2. The Balaban J connectivity index is 1.45. The number of fused-ring (bicyclic) bond motifs is 3. The maximum absolute atomic E-state index is 6.84. The third kappa shape index (κ3) is 5.35. The highest BCUT2D eigenvalue weighted by atomic mass is 16.7. The highest BCUT2D eigenvalue weighted by Crippen LogP contribution is 2.64. The van der Waals surface area contributed by atoms with Gasteiger partial charge in [-0.25, -0.2) is 0 Å². The molecule has 4 bridgehead atoms. The maximum atomic E-state index is 6.84. The van der Waals surface area contributed by atoms with Crippen LogP contribution in [0.15, 0.2) is 59.7 Å². The number of hydrogen-bond donors (Lipinski definition) is 0. The first-order chi connectivity index (χ1) is 21.7. The fourth-order valence-corrected chi connectivity index (χ4v) is 10.8. The molecule has 3 atom stereocenters. The molecule has 6 aliphatic carbocycles. The molecule has 3 unspecified atom stereocenters. The van der Waals surface area contributed by atoms with Gasteiger partial charge >= 0.3 is 0 Å². The number of aryl methyl sites for hydroxylation is 1. The SMILES string of the molecule is COCOc1c(C(=C(C)C)C2c3cc(C(C)(C)C)ccc3C3C=CC(C(C)(C)C)=CC32)cc(C)cc1C12CC3CC(CC(C3)C1)C2. The zero-order chi connectivity index (χ0) is 32.8. The summed E-state index contributed by atoms with van der Waals surface area (Å²) in [5.41, 5.74) is 13.3. The Morgan fingerprint density at radius 1 is 0.848 bits per heavy atom. The van der Waals surface area contributed by atoms with Gasteiger partial charge in [0.25, 0.3) is 0 Å². The normalized spacial score (nSPS) is 31.0. The zero-order valence-electron chi connectivity index (χ0n) is 30.3. The minimum absolute atomic E-state index is 0.0858. The average molecular weight is 619 g/mol. The molecule has 0 radical (unpaired) electrons. The van der Waals surface area contributed by atoms with Crippen LogP contribution in [-0.4, -0.2) is 13.9 Å². The lowest BCUT2D eigenvalue weighted by atomic mass is 9.48. The van der Waals surface area contributed by atoms with E-state index in [1.165, 1.54) is 88.6 Å². The molecule has 0 aliphatic heterocycles. The van der Waals surface area contributed by atoms with Gasteiger partial charge in [-0.05, 0) is 139 Å². The molecule has 46 heavy (non-hydrogen) atoms. The number of allylic oxidation sites excluding steroid dienone is 6. The van der Waals surface area contributed by atoms with E-state index >= 15 is 0 Å². The van der Waals surface area contributed by atoms with Crippen LogP contribution >= 0.6 is 0 Å². The first kappa shape index (κ1) is 32.0. The molecule has 0 saturated heterocycles. The van der Waals surface area contributed by atoms with Crippen LogP contribution in [0.1, 0.15) is 139 Å². The van der Waals surface area contributed by atoms with E-state index in [2.05, 4.69) is 111 Å². The lowest BCUT2D eigenvalue weighted by molar-refractivity contribution is -0.00890. The summed E-state index contributed by atoms with van der Waals surface area (Å²) >= 11 is 0. The lowest BCUT2D eigenvalue weighted by Gasteiger charge is -2.57. The topological polar surface area (TPSA) is 18.5 Å². The fraction of sp³-hybridized carbons (Fsp3) is 0.591. The van der Waals surface area contributed by atoms with Crippen LogP contribution < -0.4 is 4.74 Å². The molecule has 4 saturated carbocycles. The standard InChI is InChI=1S/C44H58O2/c1-26(2)39(40-35-20-31(42(4,5)6)11-13-33(35)34-14-12-32(21-36(34)40)43(7,8)9)37-15-27(3)16-38(41(37)46-25-45-10)44-22-28-17-29(23-44)19-30(18-28)24-44/h11-16,20-21,28-30,33,35,40H,17-19,22-25H2,1-10H3. The molecule has 0 heterocycles. The Hall–Kier alpha value is -2.58. The summed E-state index contributed by atoms with van der Waals surface area (Å²) in [6.45, 7) is 21.4. The van der Waals surface area contributed by atoms with Crippen molar-refractivity contribution in [2.24, 2.45) is 29.1 Å². The summed E-state index contributed by atoms with van der Waals surface area (Å²) < 4.78 is 12.5. The monoisotopic (exact) mass is 618 g/mol. The van der Waals surface area contributed by atoms with E-state index in [-0.39, 0.29) is 29.0 Å². The van der Waals surface area contributed by atoms with E-state index in [0.29, 0.717) is 11.8 Å². The van der Waals surface area contributed by atoms with Gasteiger partial charge in [-0.1, -0.05) is 89.6 Å². The smallest absolute Gasteiger partial charge is 0.188 e. The molecular weight excluding hydrogens is 560 g/mol. The van der Waals surface area contributed by atoms with E-state index in [1.54, 1.807) is 7.11 Å². The minimum atomic E-state index is 0.0858. The van der Waals surface area contributed by atoms with Crippen molar-refractivity contribution in [2.75, 3.05) is 13.9 Å². The second-order valence-electron chi connectivity index (χ2n) is 18.3. The molecule has 2 heteroatoms. The number of methoxy groups -OCH3 is 1. The third-order valence-electron chi connectivity index (χ3n) is 12.5. The maximum Gasteiger partial charge on any atom is 0.188 e. The van der Waals surface area contributed by atoms with Crippen LogP contribution in [0.5, 0.6) is 5.75 Å². The number of ether oxygens (including phenoxy) is 2. The van der Waals surface area contributed by atoms with Crippen molar-refractivity contribution < 1.29 is 9.47 Å². The third-order valence-corrected chi connectivity index (χ3v) is 12.5. The Labute approximate surface area is 279 Å². The predicted molar refractivity (Wildman–Crippen MR) is 193 cm³/mol. The van der Waals surface area contributed by atoms with Crippen LogP contribution in [0, 0.1) is 36.0 Å². The van der Waals surface area contributed by atoms with E-state index < -0.39 is 0 Å². The summed E-state index contributed by atoms with van der Waals surface area (Å²) in [5.74, 6) is 4.74. The van der Waals surface area contributed by atoms with E-state index in [9.17, 15) is 0 Å². The molecule has 246 valence electrons. The van der Waals surface area contributed by atoms with Crippen molar-refractivity contribution in [3.8, 4) is 5.75 Å². The number of rotatable bonds is 6. The summed E-state index contributed by atoms with van der Waals surface area (Å²) in [4.78, 5) is 0. The van der Waals surface area contributed by atoms with Gasteiger partial charge in [-0.15, -0.1) is 0 Å². The summed E-state index contributed by atoms with van der Waals surface area (Å²) in [5, 5.41) is 0. The zero-order valence-corrected chi connectivity index (χ0v) is 30.3. The van der Waals surface area contributed by atoms with Gasteiger partial charge in [0.05, 0.1) is 0 Å². The van der Waals surface area contributed by atoms with Gasteiger partial charge in [-0.3, -0.25) is 0 Å².